The molecule has 1 aromatic heterocycles. The maximum atomic E-state index is 13.5. The molecule has 1 aliphatic heterocycles. The van der Waals surface area contributed by atoms with E-state index in [0.29, 0.717) is 32.0 Å². The lowest BCUT2D eigenvalue weighted by molar-refractivity contribution is -0.201. The molecule has 0 saturated heterocycles. The molecular formula is C21H20F5N3O4. The number of rotatable bonds is 6. The van der Waals surface area contributed by atoms with E-state index in [4.69, 9.17) is 5.11 Å². The van der Waals surface area contributed by atoms with E-state index in [9.17, 15) is 36.3 Å². The number of Topliss-reactive ketones (excluding diaryl/α,β-unsaturated/α-hetero) is 1. The molecule has 33 heavy (non-hydrogen) atoms. The third-order valence-electron chi connectivity index (χ3n) is 5.57. The van der Waals surface area contributed by atoms with Gasteiger partial charge in [0.05, 0.1) is 12.2 Å². The maximum Gasteiger partial charge on any atom is 0.413 e. The first-order valence-corrected chi connectivity index (χ1v) is 9.83. The Labute approximate surface area is 184 Å². The molecule has 0 radical (unpaired) electrons. The summed E-state index contributed by atoms with van der Waals surface area (Å²) in [6.07, 6.45) is -4.21. The number of aromatic nitrogens is 1. The van der Waals surface area contributed by atoms with E-state index in [1.165, 1.54) is 16.8 Å². The van der Waals surface area contributed by atoms with Gasteiger partial charge < -0.3 is 20.3 Å². The number of alkyl halides is 3. The monoisotopic (exact) mass is 473 g/mol. The topological polar surface area (TPSA) is 100 Å². The standard InChI is InChI=1S/C21H20F5N3O4/c1-10-15(17(31)19(33)28-20(2,9-30)21(24,25)26)14-4-3-7-29(14)16(10)18(32)27-11-5-6-12(22)13(23)8-11/h5-6,8,30H,3-4,7,9H2,1-2H3,(H,27,32)(H,28,33)/t20-/m1/s1. The minimum atomic E-state index is -5.02. The highest BCUT2D eigenvalue weighted by atomic mass is 19.4. The van der Waals surface area contributed by atoms with Gasteiger partial charge in [-0.15, -0.1) is 0 Å². The highest BCUT2D eigenvalue weighted by Crippen LogP contribution is 2.32. The van der Waals surface area contributed by atoms with E-state index in [0.717, 1.165) is 18.2 Å². The third-order valence-corrected chi connectivity index (χ3v) is 5.57. The van der Waals surface area contributed by atoms with Crippen molar-refractivity contribution in [2.75, 3.05) is 11.9 Å². The van der Waals surface area contributed by atoms with Gasteiger partial charge in [-0.25, -0.2) is 8.78 Å². The molecule has 0 saturated carbocycles. The van der Waals surface area contributed by atoms with Crippen molar-refractivity contribution in [1.82, 2.24) is 9.88 Å². The fraction of sp³-hybridized carbons (Fsp3) is 0.381. The number of benzene rings is 1. The second-order valence-electron chi connectivity index (χ2n) is 7.90. The Kier molecular flexibility index (Phi) is 6.33. The summed E-state index contributed by atoms with van der Waals surface area (Å²) in [6.45, 7) is 0.726. The Morgan fingerprint density at radius 2 is 1.82 bits per heavy atom. The fourth-order valence-electron chi connectivity index (χ4n) is 3.70. The molecule has 1 atom stereocenters. The van der Waals surface area contributed by atoms with Crippen LogP contribution in [0.15, 0.2) is 18.2 Å². The number of hydrogen-bond donors (Lipinski definition) is 3. The lowest BCUT2D eigenvalue weighted by Gasteiger charge is -2.30. The lowest BCUT2D eigenvalue weighted by Crippen LogP contribution is -2.60. The van der Waals surface area contributed by atoms with Crippen molar-refractivity contribution in [3.63, 3.8) is 0 Å². The first-order valence-electron chi connectivity index (χ1n) is 9.83. The summed E-state index contributed by atoms with van der Waals surface area (Å²) in [7, 11) is 0. The highest BCUT2D eigenvalue weighted by molar-refractivity contribution is 6.44. The number of aliphatic hydroxyl groups excluding tert-OH is 1. The normalized spacial score (nSPS) is 15.0. The Hall–Kier alpha value is -3.28. The molecule has 3 rings (SSSR count). The molecule has 7 nitrogen and oxygen atoms in total. The number of ketones is 1. The van der Waals surface area contributed by atoms with Crippen molar-refractivity contribution < 1.29 is 41.4 Å². The van der Waals surface area contributed by atoms with Gasteiger partial charge in [0.1, 0.15) is 5.69 Å². The van der Waals surface area contributed by atoms with E-state index < -0.39 is 47.6 Å². The molecule has 0 bridgehead atoms. The fourth-order valence-corrected chi connectivity index (χ4v) is 3.70. The smallest absolute Gasteiger partial charge is 0.394 e. The number of amides is 2. The Balaban J connectivity index is 1.94. The van der Waals surface area contributed by atoms with Gasteiger partial charge in [0, 0.05) is 24.0 Å². The van der Waals surface area contributed by atoms with Crippen LogP contribution in [0.25, 0.3) is 0 Å². The zero-order valence-corrected chi connectivity index (χ0v) is 17.6. The van der Waals surface area contributed by atoms with Crippen LogP contribution < -0.4 is 10.6 Å². The van der Waals surface area contributed by atoms with Crippen molar-refractivity contribution in [1.29, 1.82) is 0 Å². The molecule has 2 amide bonds. The number of aliphatic hydroxyl groups is 1. The molecule has 1 aromatic carbocycles. The van der Waals surface area contributed by atoms with Crippen molar-refractivity contribution >= 4 is 23.3 Å². The van der Waals surface area contributed by atoms with Crippen LogP contribution in [0, 0.1) is 18.6 Å². The minimum Gasteiger partial charge on any atom is -0.394 e. The van der Waals surface area contributed by atoms with Crippen LogP contribution in [-0.2, 0) is 17.8 Å². The predicted molar refractivity (Wildman–Crippen MR) is 106 cm³/mol. The van der Waals surface area contributed by atoms with E-state index in [2.05, 4.69) is 5.32 Å². The summed E-state index contributed by atoms with van der Waals surface area (Å²) in [5.74, 6) is -5.93. The third kappa shape index (κ3) is 4.34. The molecule has 0 spiro atoms. The van der Waals surface area contributed by atoms with Crippen LogP contribution in [0.4, 0.5) is 27.6 Å². The number of nitrogens with zero attached hydrogens (tertiary/aromatic N) is 1. The zero-order valence-electron chi connectivity index (χ0n) is 17.6. The van der Waals surface area contributed by atoms with Gasteiger partial charge in [-0.1, -0.05) is 0 Å². The molecule has 0 aliphatic carbocycles. The molecule has 2 heterocycles. The average molecular weight is 473 g/mol. The second kappa shape index (κ2) is 8.58. The predicted octanol–water partition coefficient (Wildman–Crippen LogP) is 2.89. The number of halogens is 5. The molecule has 3 N–H and O–H groups in total. The van der Waals surface area contributed by atoms with Gasteiger partial charge >= 0.3 is 6.18 Å². The number of carbonyl (C=O) groups excluding carboxylic acids is 3. The molecule has 178 valence electrons. The van der Waals surface area contributed by atoms with Crippen molar-refractivity contribution in [2.45, 2.75) is 44.9 Å². The van der Waals surface area contributed by atoms with Crippen LogP contribution in [0.3, 0.4) is 0 Å². The largest absolute Gasteiger partial charge is 0.413 e. The minimum absolute atomic E-state index is 0.0240. The maximum absolute atomic E-state index is 13.5. The van der Waals surface area contributed by atoms with Crippen LogP contribution in [0.1, 0.15) is 45.4 Å². The van der Waals surface area contributed by atoms with Gasteiger partial charge in [-0.2, -0.15) is 13.2 Å². The van der Waals surface area contributed by atoms with E-state index >= 15 is 0 Å². The summed E-state index contributed by atoms with van der Waals surface area (Å²) in [4.78, 5) is 38.1. The van der Waals surface area contributed by atoms with Gasteiger partial charge in [-0.05, 0) is 44.4 Å². The number of fused-ring (bicyclic) bond motifs is 1. The Morgan fingerprint density at radius 3 is 2.39 bits per heavy atom. The molecule has 1 aliphatic rings. The van der Waals surface area contributed by atoms with Gasteiger partial charge in [0.2, 0.25) is 0 Å². The highest BCUT2D eigenvalue weighted by Gasteiger charge is 2.52. The number of carbonyl (C=O) groups is 3. The summed E-state index contributed by atoms with van der Waals surface area (Å²) in [6, 6.07) is 2.72. The van der Waals surface area contributed by atoms with Crippen LogP contribution in [-0.4, -0.2) is 45.6 Å². The molecule has 0 fully saturated rings. The Morgan fingerprint density at radius 1 is 1.15 bits per heavy atom. The summed E-state index contributed by atoms with van der Waals surface area (Å²) >= 11 is 0. The van der Waals surface area contributed by atoms with Gasteiger partial charge in [0.25, 0.3) is 17.6 Å². The van der Waals surface area contributed by atoms with E-state index in [1.807, 2.05) is 0 Å². The molecule has 0 unspecified atom stereocenters. The van der Waals surface area contributed by atoms with Gasteiger partial charge in [0.15, 0.2) is 17.2 Å². The zero-order chi connectivity index (χ0) is 24.7. The quantitative estimate of drug-likeness (QED) is 0.341. The molecule has 2 aromatic rings. The van der Waals surface area contributed by atoms with Crippen LogP contribution >= 0.6 is 0 Å². The molecule has 12 heteroatoms. The van der Waals surface area contributed by atoms with Crippen LogP contribution in [0.2, 0.25) is 0 Å². The van der Waals surface area contributed by atoms with Crippen LogP contribution in [0.5, 0.6) is 0 Å². The first kappa shape index (κ1) is 24.4. The van der Waals surface area contributed by atoms with E-state index in [-0.39, 0.29) is 22.5 Å². The summed E-state index contributed by atoms with van der Waals surface area (Å²) in [5, 5.41) is 13.1. The SMILES string of the molecule is Cc1c(C(=O)C(=O)N[C@](C)(CO)C(F)(F)F)c2n(c1C(=O)Nc1ccc(F)c(F)c1)CCC2. The average Bonchev–Trinajstić information content (AvgIpc) is 3.28. The van der Waals surface area contributed by atoms with E-state index in [1.54, 1.807) is 0 Å². The molecular weight excluding hydrogens is 453 g/mol. The Bertz CT molecular complexity index is 1140. The van der Waals surface area contributed by atoms with Crippen molar-refractivity contribution in [3.8, 4) is 0 Å². The summed E-state index contributed by atoms with van der Waals surface area (Å²) < 4.78 is 67.7. The van der Waals surface area contributed by atoms with Crippen molar-refractivity contribution in [2.24, 2.45) is 0 Å². The summed E-state index contributed by atoms with van der Waals surface area (Å²) in [5.41, 5.74) is -2.96. The number of nitrogens with one attached hydrogen (secondary N) is 2. The van der Waals surface area contributed by atoms with Crippen molar-refractivity contribution in [3.05, 3.63) is 52.3 Å². The first-order chi connectivity index (χ1) is 15.3. The second-order valence-corrected chi connectivity index (χ2v) is 7.90. The number of anilines is 1. The lowest BCUT2D eigenvalue weighted by atomic mass is 9.99. The number of hydrogen-bond acceptors (Lipinski definition) is 4. The van der Waals surface area contributed by atoms with Gasteiger partial charge in [-0.3, -0.25) is 14.4 Å².